The lowest BCUT2D eigenvalue weighted by Crippen LogP contribution is -2.02. The number of rotatable bonds is 12. The number of ketones is 2. The molecule has 0 aliphatic heterocycles. The summed E-state index contributed by atoms with van der Waals surface area (Å²) in [7, 11) is 0. The van der Waals surface area contributed by atoms with Gasteiger partial charge in [-0.15, -0.1) is 0 Å². The summed E-state index contributed by atoms with van der Waals surface area (Å²) in [4.78, 5) is 25.8. The molecule has 0 aromatic heterocycles. The van der Waals surface area contributed by atoms with E-state index >= 15 is 0 Å². The average Bonchev–Trinajstić information content (AvgIpc) is 2.98. The van der Waals surface area contributed by atoms with Crippen molar-refractivity contribution in [2.24, 2.45) is 0 Å². The largest absolute Gasteiger partial charge is 0.507 e. The zero-order valence-electron chi connectivity index (χ0n) is 22.6. The van der Waals surface area contributed by atoms with Gasteiger partial charge in [-0.1, -0.05) is 74.5 Å². The molecule has 0 aliphatic rings. The second-order valence-corrected chi connectivity index (χ2v) is 9.29. The molecule has 0 radical (unpaired) electrons. The molecule has 4 aromatic carbocycles. The van der Waals surface area contributed by atoms with Crippen LogP contribution in [0.2, 0.25) is 0 Å². The first-order chi connectivity index (χ1) is 19.4. The molecule has 0 aliphatic carbocycles. The van der Waals surface area contributed by atoms with Crippen LogP contribution in [0.15, 0.2) is 84.9 Å². The number of benzene rings is 4. The molecule has 0 spiro atoms. The summed E-state index contributed by atoms with van der Waals surface area (Å²) in [5.41, 5.74) is 3.14. The number of ether oxygens (including phenoxy) is 2. The molecule has 2 N–H and O–H groups in total. The van der Waals surface area contributed by atoms with Gasteiger partial charge in [0.1, 0.15) is 23.0 Å². The fourth-order valence-electron chi connectivity index (χ4n) is 4.02. The molecule has 0 unspecified atom stereocenters. The summed E-state index contributed by atoms with van der Waals surface area (Å²) in [6, 6.07) is 23.6. The molecular formula is C34H32O6. The third-order valence-corrected chi connectivity index (χ3v) is 6.19. The quantitative estimate of drug-likeness (QED) is 0.146. The van der Waals surface area contributed by atoms with Crippen molar-refractivity contribution >= 4 is 23.7 Å². The monoisotopic (exact) mass is 536 g/mol. The van der Waals surface area contributed by atoms with Crippen molar-refractivity contribution < 1.29 is 29.3 Å². The fourth-order valence-corrected chi connectivity index (χ4v) is 4.02. The lowest BCUT2D eigenvalue weighted by Gasteiger charge is -2.08. The van der Waals surface area contributed by atoms with Gasteiger partial charge in [0.25, 0.3) is 0 Å². The van der Waals surface area contributed by atoms with Gasteiger partial charge in [0, 0.05) is 23.3 Å². The highest BCUT2D eigenvalue weighted by molar-refractivity contribution is 6.11. The van der Waals surface area contributed by atoms with Gasteiger partial charge in [-0.2, -0.15) is 0 Å². The summed E-state index contributed by atoms with van der Waals surface area (Å²) in [5, 5.41) is 20.6. The van der Waals surface area contributed by atoms with Crippen molar-refractivity contribution in [2.45, 2.75) is 26.7 Å². The summed E-state index contributed by atoms with van der Waals surface area (Å²) in [5.74, 6) is 0.279. The number of phenols is 2. The van der Waals surface area contributed by atoms with E-state index in [1.165, 1.54) is 12.1 Å². The molecule has 204 valence electrons. The minimum atomic E-state index is -0.274. The van der Waals surface area contributed by atoms with Gasteiger partial charge in [0.05, 0.1) is 24.3 Å². The average molecular weight is 537 g/mol. The molecule has 0 saturated heterocycles. The van der Waals surface area contributed by atoms with Crippen molar-refractivity contribution in [3.05, 3.63) is 118 Å². The van der Waals surface area contributed by atoms with E-state index in [0.29, 0.717) is 35.8 Å². The number of carbonyl (C=O) groups excluding carboxylic acids is 2. The number of hydrogen-bond acceptors (Lipinski definition) is 6. The number of carbonyl (C=O) groups is 2. The number of aromatic hydroxyl groups is 2. The Kier molecular flexibility index (Phi) is 9.36. The normalized spacial score (nSPS) is 10.9. The van der Waals surface area contributed by atoms with Crippen LogP contribution in [0, 0.1) is 0 Å². The Bertz CT molecular complexity index is 1390. The predicted molar refractivity (Wildman–Crippen MR) is 156 cm³/mol. The second-order valence-electron chi connectivity index (χ2n) is 9.29. The van der Waals surface area contributed by atoms with E-state index in [0.717, 1.165) is 24.0 Å². The Hall–Kier alpha value is -4.84. The SMILES string of the molecule is CCCOc1ccc(C(=O)c2ccc(/C=C/c3ccc(C(=O)c4ccc(OCCC)cc4O)cc3)cc2)c(O)c1. The molecule has 4 aromatic rings. The first-order valence-corrected chi connectivity index (χ1v) is 13.3. The van der Waals surface area contributed by atoms with Gasteiger partial charge in [-0.25, -0.2) is 0 Å². The van der Waals surface area contributed by atoms with Crippen molar-refractivity contribution in [3.8, 4) is 23.0 Å². The summed E-state index contributed by atoms with van der Waals surface area (Å²) >= 11 is 0. The molecule has 0 heterocycles. The fraction of sp³-hybridized carbons (Fsp3) is 0.176. The topological polar surface area (TPSA) is 93.1 Å². The Balaban J connectivity index is 1.39. The van der Waals surface area contributed by atoms with Gasteiger partial charge in [0.2, 0.25) is 0 Å². The van der Waals surface area contributed by atoms with Crippen LogP contribution in [0.1, 0.15) is 69.7 Å². The highest BCUT2D eigenvalue weighted by atomic mass is 16.5. The van der Waals surface area contributed by atoms with Gasteiger partial charge in [-0.3, -0.25) is 9.59 Å². The van der Waals surface area contributed by atoms with Gasteiger partial charge in [0.15, 0.2) is 11.6 Å². The summed E-state index contributed by atoms with van der Waals surface area (Å²) in [6.07, 6.45) is 5.51. The van der Waals surface area contributed by atoms with Gasteiger partial charge in [-0.05, 0) is 48.2 Å². The molecule has 0 fully saturated rings. The maximum absolute atomic E-state index is 12.9. The predicted octanol–water partition coefficient (Wildman–Crippen LogP) is 7.31. The van der Waals surface area contributed by atoms with Crippen LogP contribution in [0.3, 0.4) is 0 Å². The molecule has 4 rings (SSSR count). The van der Waals surface area contributed by atoms with Crippen LogP contribution in [0.5, 0.6) is 23.0 Å². The Morgan fingerprint density at radius 2 is 0.975 bits per heavy atom. The second kappa shape index (κ2) is 13.3. The Morgan fingerprint density at radius 3 is 1.30 bits per heavy atom. The molecule has 6 nitrogen and oxygen atoms in total. The highest BCUT2D eigenvalue weighted by Gasteiger charge is 2.15. The molecule has 6 heteroatoms. The van der Waals surface area contributed by atoms with Gasteiger partial charge >= 0.3 is 0 Å². The van der Waals surface area contributed by atoms with E-state index in [2.05, 4.69) is 0 Å². The van der Waals surface area contributed by atoms with Crippen molar-refractivity contribution in [3.63, 3.8) is 0 Å². The van der Waals surface area contributed by atoms with E-state index in [-0.39, 0.29) is 34.2 Å². The van der Waals surface area contributed by atoms with E-state index in [1.807, 2.05) is 50.3 Å². The van der Waals surface area contributed by atoms with E-state index in [9.17, 15) is 19.8 Å². The van der Waals surface area contributed by atoms with E-state index < -0.39 is 0 Å². The van der Waals surface area contributed by atoms with Crippen LogP contribution in [-0.4, -0.2) is 35.0 Å². The molecule has 0 amide bonds. The van der Waals surface area contributed by atoms with Crippen molar-refractivity contribution in [2.75, 3.05) is 13.2 Å². The van der Waals surface area contributed by atoms with Crippen LogP contribution in [0.25, 0.3) is 12.2 Å². The first kappa shape index (κ1) is 28.2. The Labute approximate surface area is 234 Å². The van der Waals surface area contributed by atoms with Crippen LogP contribution in [0.4, 0.5) is 0 Å². The smallest absolute Gasteiger partial charge is 0.196 e. The standard InChI is InChI=1S/C34H32O6/c1-3-19-39-27-15-17-29(31(35)21-27)33(37)25-11-7-23(8-12-25)5-6-24-9-13-26(14-10-24)34(38)30-18-16-28(22-32(30)36)40-20-4-2/h5-18,21-22,35-36H,3-4,19-20H2,1-2H3/b6-5+. The zero-order chi connectivity index (χ0) is 28.5. The molecular weight excluding hydrogens is 504 g/mol. The number of hydrogen-bond donors (Lipinski definition) is 2. The maximum atomic E-state index is 12.9. The van der Waals surface area contributed by atoms with E-state index in [4.69, 9.17) is 9.47 Å². The third-order valence-electron chi connectivity index (χ3n) is 6.19. The van der Waals surface area contributed by atoms with Crippen LogP contribution in [-0.2, 0) is 0 Å². The van der Waals surface area contributed by atoms with E-state index in [1.54, 1.807) is 48.5 Å². The maximum Gasteiger partial charge on any atom is 0.196 e. The summed E-state index contributed by atoms with van der Waals surface area (Å²) < 4.78 is 11.0. The first-order valence-electron chi connectivity index (χ1n) is 13.3. The lowest BCUT2D eigenvalue weighted by molar-refractivity contribution is 0.102. The molecule has 0 bridgehead atoms. The zero-order valence-corrected chi connectivity index (χ0v) is 22.6. The summed E-state index contributed by atoms with van der Waals surface area (Å²) in [6.45, 7) is 5.07. The van der Waals surface area contributed by atoms with Gasteiger partial charge < -0.3 is 19.7 Å². The molecule has 0 atom stereocenters. The van der Waals surface area contributed by atoms with Crippen LogP contribution < -0.4 is 9.47 Å². The molecule has 40 heavy (non-hydrogen) atoms. The van der Waals surface area contributed by atoms with Crippen molar-refractivity contribution in [1.82, 2.24) is 0 Å². The highest BCUT2D eigenvalue weighted by Crippen LogP contribution is 2.28. The van der Waals surface area contributed by atoms with Crippen LogP contribution >= 0.6 is 0 Å². The molecule has 0 saturated carbocycles. The Morgan fingerprint density at radius 1 is 0.600 bits per heavy atom. The number of phenolic OH excluding ortho intramolecular Hbond substituents is 2. The third kappa shape index (κ3) is 6.97. The van der Waals surface area contributed by atoms with Crippen molar-refractivity contribution in [1.29, 1.82) is 0 Å². The minimum absolute atomic E-state index is 0.113. The lowest BCUT2D eigenvalue weighted by atomic mass is 10.00. The minimum Gasteiger partial charge on any atom is -0.507 e.